The molecule has 12 aromatic rings. The summed E-state index contributed by atoms with van der Waals surface area (Å²) in [4.78, 5) is 55.6. The highest BCUT2D eigenvalue weighted by atomic mass is 15.1. The number of aryl methyl sites for hydroxylation is 8. The molecule has 0 aliphatic heterocycles. The first-order valence-electron chi connectivity index (χ1n) is 23.8. The SMILES string of the molecule is Cc1nc(C)nc(-c2ccc3c(c2)c2cc(-c4nc(C)nc(C)n4)ccc2n3-c2ccc(C#N)cc2-c2ccc(C#N)cc2-n2c3ccc(-c4nc(C)nc(C)n4)cc3c3cc(-c4nc(C)nc(C)n4)ccc32)n1. The van der Waals surface area contributed by atoms with Crippen LogP contribution in [0.2, 0.25) is 0 Å². The molecule has 6 heterocycles. The van der Waals surface area contributed by atoms with Crippen molar-refractivity contribution in [2.45, 2.75) is 55.4 Å². The zero-order valence-corrected chi connectivity index (χ0v) is 41.5. The molecule has 6 aromatic heterocycles. The first kappa shape index (κ1) is 45.1. The lowest BCUT2D eigenvalue weighted by atomic mass is 9.97. The van der Waals surface area contributed by atoms with Gasteiger partial charge in [-0.1, -0.05) is 6.07 Å². The smallest absolute Gasteiger partial charge is 0.163 e. The van der Waals surface area contributed by atoms with Gasteiger partial charge >= 0.3 is 0 Å². The first-order chi connectivity index (χ1) is 35.8. The maximum absolute atomic E-state index is 10.6. The Labute approximate surface area is 423 Å². The van der Waals surface area contributed by atoms with E-state index in [1.807, 2.05) is 116 Å². The van der Waals surface area contributed by atoms with Gasteiger partial charge in [-0.3, -0.25) is 0 Å². The van der Waals surface area contributed by atoms with E-state index >= 15 is 0 Å². The molecule has 0 saturated heterocycles. The fourth-order valence-electron chi connectivity index (χ4n) is 10.1. The van der Waals surface area contributed by atoms with Gasteiger partial charge in [0.15, 0.2) is 23.3 Å². The lowest BCUT2D eigenvalue weighted by Crippen LogP contribution is -2.03. The minimum absolute atomic E-state index is 0.460. The molecule has 74 heavy (non-hydrogen) atoms. The zero-order valence-electron chi connectivity index (χ0n) is 41.5. The van der Waals surface area contributed by atoms with Crippen molar-refractivity contribution in [3.8, 4) is 80.2 Å². The number of nitriles is 2. The first-order valence-corrected chi connectivity index (χ1v) is 23.8. The van der Waals surface area contributed by atoms with E-state index < -0.39 is 0 Å². The summed E-state index contributed by atoms with van der Waals surface area (Å²) in [6.07, 6.45) is 0. The van der Waals surface area contributed by atoms with Gasteiger partial charge < -0.3 is 9.13 Å². The average molecular weight is 963 g/mol. The second-order valence-electron chi connectivity index (χ2n) is 18.3. The van der Waals surface area contributed by atoms with Gasteiger partial charge in [-0.2, -0.15) is 10.5 Å². The third-order valence-electron chi connectivity index (χ3n) is 13.0. The molecular formula is C58H42N16. The van der Waals surface area contributed by atoms with E-state index in [-0.39, 0.29) is 0 Å². The Hall–Kier alpha value is -10.1. The number of benzene rings is 6. The fraction of sp³-hybridized carbons (Fsp3) is 0.138. The summed E-state index contributed by atoms with van der Waals surface area (Å²) in [5.74, 6) is 7.26. The number of nitrogens with zero attached hydrogens (tertiary/aromatic N) is 16. The van der Waals surface area contributed by atoms with Crippen molar-refractivity contribution in [1.82, 2.24) is 68.9 Å². The van der Waals surface area contributed by atoms with Gasteiger partial charge in [0, 0.05) is 54.9 Å². The van der Waals surface area contributed by atoms with Crippen LogP contribution in [0.3, 0.4) is 0 Å². The van der Waals surface area contributed by atoms with Crippen LogP contribution in [0, 0.1) is 78.1 Å². The Morgan fingerprint density at radius 3 is 0.919 bits per heavy atom. The molecule has 0 saturated carbocycles. The molecule has 0 radical (unpaired) electrons. The van der Waals surface area contributed by atoms with Gasteiger partial charge in [0.1, 0.15) is 46.6 Å². The molecule has 0 spiro atoms. The second-order valence-corrected chi connectivity index (χ2v) is 18.3. The predicted molar refractivity (Wildman–Crippen MR) is 283 cm³/mol. The molecule has 354 valence electrons. The van der Waals surface area contributed by atoms with Crippen molar-refractivity contribution < 1.29 is 0 Å². The standard InChI is InChI=1S/C58H42N16/c1-29-61-30(2)66-55(65-29)39-11-17-50-45(23-39)46-24-40(56-67-31(3)62-32(4)68-56)12-18-51(46)73(50)49-16-10-37(27-59)21-44(49)43-15-9-38(28-60)22-54(43)74-52-19-13-41(57-69-33(5)63-34(6)70-57)25-47(52)48-26-42(14-20-53(48)74)58-71-35(7)64-36(8)72-58/h9-26H,1-8H3. The van der Waals surface area contributed by atoms with Crippen LogP contribution in [-0.4, -0.2) is 68.9 Å². The van der Waals surface area contributed by atoms with E-state index in [9.17, 15) is 10.5 Å². The Bertz CT molecular complexity index is 4160. The van der Waals surface area contributed by atoms with Crippen molar-refractivity contribution in [2.75, 3.05) is 0 Å². The Morgan fingerprint density at radius 1 is 0.297 bits per heavy atom. The quantitative estimate of drug-likeness (QED) is 0.145. The third-order valence-corrected chi connectivity index (χ3v) is 13.0. The molecule has 0 atom stereocenters. The number of aromatic nitrogens is 14. The molecule has 0 aliphatic carbocycles. The van der Waals surface area contributed by atoms with Crippen LogP contribution in [0.25, 0.3) is 112 Å². The summed E-state index contributed by atoms with van der Waals surface area (Å²) in [6.45, 7) is 14.9. The highest BCUT2D eigenvalue weighted by Crippen LogP contribution is 2.44. The number of rotatable bonds is 7. The normalized spacial score (nSPS) is 11.5. The third kappa shape index (κ3) is 7.78. The largest absolute Gasteiger partial charge is 0.309 e. The molecule has 0 fully saturated rings. The van der Waals surface area contributed by atoms with Crippen LogP contribution in [0.5, 0.6) is 0 Å². The van der Waals surface area contributed by atoms with Gasteiger partial charge in [0.2, 0.25) is 0 Å². The highest BCUT2D eigenvalue weighted by molar-refractivity contribution is 6.13. The molecule has 0 bridgehead atoms. The molecule has 0 N–H and O–H groups in total. The number of fused-ring (bicyclic) bond motifs is 6. The number of hydrogen-bond donors (Lipinski definition) is 0. The minimum Gasteiger partial charge on any atom is -0.309 e. The van der Waals surface area contributed by atoms with E-state index in [2.05, 4.69) is 89.7 Å². The Kier molecular flexibility index (Phi) is 10.6. The van der Waals surface area contributed by atoms with Crippen molar-refractivity contribution in [1.29, 1.82) is 10.5 Å². The van der Waals surface area contributed by atoms with Crippen LogP contribution < -0.4 is 0 Å². The van der Waals surface area contributed by atoms with Gasteiger partial charge in [0.05, 0.1) is 56.7 Å². The maximum atomic E-state index is 10.6. The Balaban J connectivity index is 1.14. The van der Waals surface area contributed by atoms with Crippen LogP contribution >= 0.6 is 0 Å². The monoisotopic (exact) mass is 962 g/mol. The van der Waals surface area contributed by atoms with Crippen molar-refractivity contribution >= 4 is 43.6 Å². The highest BCUT2D eigenvalue weighted by Gasteiger charge is 2.24. The van der Waals surface area contributed by atoms with E-state index in [0.717, 1.165) is 88.4 Å². The Morgan fingerprint density at radius 2 is 0.595 bits per heavy atom. The molecular weight excluding hydrogens is 921 g/mol. The predicted octanol–water partition coefficient (Wildman–Crippen LogP) is 11.2. The average Bonchev–Trinajstić information content (AvgIpc) is 3.92. The molecule has 16 heteroatoms. The summed E-state index contributed by atoms with van der Waals surface area (Å²) < 4.78 is 4.42. The molecule has 6 aromatic carbocycles. The fourth-order valence-corrected chi connectivity index (χ4v) is 10.1. The van der Waals surface area contributed by atoms with Crippen molar-refractivity contribution in [3.05, 3.63) is 167 Å². The van der Waals surface area contributed by atoms with Crippen LogP contribution in [0.1, 0.15) is 57.7 Å². The maximum Gasteiger partial charge on any atom is 0.163 e. The summed E-state index contributed by atoms with van der Waals surface area (Å²) in [5.41, 5.74) is 10.8. The number of hydrogen-bond acceptors (Lipinski definition) is 14. The van der Waals surface area contributed by atoms with Gasteiger partial charge in [-0.05, 0) is 159 Å². The van der Waals surface area contributed by atoms with Crippen LogP contribution in [-0.2, 0) is 0 Å². The van der Waals surface area contributed by atoms with Gasteiger partial charge in [-0.25, -0.2) is 59.8 Å². The topological polar surface area (TPSA) is 212 Å². The lowest BCUT2D eigenvalue weighted by Gasteiger charge is -2.19. The van der Waals surface area contributed by atoms with Gasteiger partial charge in [0.25, 0.3) is 0 Å². The van der Waals surface area contributed by atoms with E-state index in [1.54, 1.807) is 0 Å². The summed E-state index contributed by atoms with van der Waals surface area (Å²) in [5, 5.41) is 24.9. The van der Waals surface area contributed by atoms with E-state index in [4.69, 9.17) is 39.9 Å². The zero-order chi connectivity index (χ0) is 51.1. The van der Waals surface area contributed by atoms with Gasteiger partial charge in [-0.15, -0.1) is 0 Å². The minimum atomic E-state index is 0.460. The molecule has 0 amide bonds. The lowest BCUT2D eigenvalue weighted by molar-refractivity contribution is 0.928. The molecule has 16 nitrogen and oxygen atoms in total. The molecule has 0 unspecified atom stereocenters. The molecule has 12 rings (SSSR count). The van der Waals surface area contributed by atoms with Crippen LogP contribution in [0.4, 0.5) is 0 Å². The summed E-state index contributed by atoms with van der Waals surface area (Å²) in [7, 11) is 0. The second kappa shape index (κ2) is 17.4. The van der Waals surface area contributed by atoms with Crippen molar-refractivity contribution in [3.63, 3.8) is 0 Å². The molecule has 0 aliphatic rings. The van der Waals surface area contributed by atoms with Crippen LogP contribution in [0.15, 0.2) is 109 Å². The summed E-state index contributed by atoms with van der Waals surface area (Å²) >= 11 is 0. The summed E-state index contributed by atoms with van der Waals surface area (Å²) in [6, 6.07) is 41.1. The van der Waals surface area contributed by atoms with E-state index in [0.29, 0.717) is 81.0 Å². The van der Waals surface area contributed by atoms with E-state index in [1.165, 1.54) is 0 Å². The van der Waals surface area contributed by atoms with Crippen molar-refractivity contribution in [2.24, 2.45) is 0 Å².